The van der Waals surface area contributed by atoms with Gasteiger partial charge in [-0.05, 0) is 59.0 Å². The van der Waals surface area contributed by atoms with Crippen LogP contribution in [0.4, 0.5) is 0 Å². The molecule has 1 unspecified atom stereocenters. The summed E-state index contributed by atoms with van der Waals surface area (Å²) in [5, 5.41) is 8.60. The van der Waals surface area contributed by atoms with E-state index in [0.29, 0.717) is 6.42 Å². The molecule has 0 aromatic carbocycles. The monoisotopic (exact) mass is 437 g/mol. The second-order valence-corrected chi connectivity index (χ2v) is 9.69. The van der Waals surface area contributed by atoms with Gasteiger partial charge < -0.3 is 10.0 Å². The van der Waals surface area contributed by atoms with Gasteiger partial charge in [-0.1, -0.05) is 103 Å². The topological polar surface area (TPSA) is 40.5 Å². The lowest BCUT2D eigenvalue weighted by Gasteiger charge is -2.24. The van der Waals surface area contributed by atoms with Gasteiger partial charge in [-0.2, -0.15) is 0 Å². The predicted molar refractivity (Wildman–Crippen MR) is 137 cm³/mol. The lowest BCUT2D eigenvalue weighted by molar-refractivity contribution is -0.137. The highest BCUT2D eigenvalue weighted by Crippen LogP contribution is 2.17. The van der Waals surface area contributed by atoms with Crippen LogP contribution in [0.25, 0.3) is 0 Å². The molecule has 0 radical (unpaired) electrons. The van der Waals surface area contributed by atoms with E-state index in [0.717, 1.165) is 18.9 Å². The summed E-state index contributed by atoms with van der Waals surface area (Å²) in [4.78, 5) is 12.9. The molecule has 3 nitrogen and oxygen atoms in total. The van der Waals surface area contributed by atoms with Crippen molar-refractivity contribution in [3.63, 3.8) is 0 Å². The first-order valence-corrected chi connectivity index (χ1v) is 13.6. The summed E-state index contributed by atoms with van der Waals surface area (Å²) in [6.45, 7) is 2.29. The average Bonchev–Trinajstić information content (AvgIpc) is 2.73. The lowest BCUT2D eigenvalue weighted by Crippen LogP contribution is -2.27. The van der Waals surface area contributed by atoms with Gasteiger partial charge in [0, 0.05) is 12.5 Å². The number of nitrogens with zero attached hydrogens (tertiary/aromatic N) is 1. The van der Waals surface area contributed by atoms with Gasteiger partial charge in [0.05, 0.1) is 0 Å². The van der Waals surface area contributed by atoms with Crippen molar-refractivity contribution in [1.29, 1.82) is 0 Å². The number of allylic oxidation sites excluding steroid dienone is 2. The van der Waals surface area contributed by atoms with Gasteiger partial charge in [0.15, 0.2) is 0 Å². The Morgan fingerprint density at radius 2 is 1.10 bits per heavy atom. The van der Waals surface area contributed by atoms with E-state index < -0.39 is 5.97 Å². The van der Waals surface area contributed by atoms with E-state index in [-0.39, 0.29) is 0 Å². The lowest BCUT2D eigenvalue weighted by atomic mass is 9.99. The fraction of sp³-hybridized carbons (Fsp3) is 0.893. The molecule has 0 aliphatic rings. The number of aliphatic carboxylic acids is 1. The van der Waals surface area contributed by atoms with E-state index in [1.165, 1.54) is 116 Å². The van der Waals surface area contributed by atoms with Gasteiger partial charge >= 0.3 is 5.97 Å². The first kappa shape index (κ1) is 30.2. The highest BCUT2D eigenvalue weighted by Gasteiger charge is 2.10. The zero-order valence-electron chi connectivity index (χ0n) is 21.4. The maximum atomic E-state index is 10.4. The number of rotatable bonds is 24. The third kappa shape index (κ3) is 23.7. The van der Waals surface area contributed by atoms with Crippen LogP contribution in [0.1, 0.15) is 142 Å². The molecule has 1 N–H and O–H groups in total. The summed E-state index contributed by atoms with van der Waals surface area (Å²) >= 11 is 0. The summed E-state index contributed by atoms with van der Waals surface area (Å²) in [5.74, 6) is -0.663. The maximum absolute atomic E-state index is 10.4. The van der Waals surface area contributed by atoms with Gasteiger partial charge in [0.25, 0.3) is 0 Å². The van der Waals surface area contributed by atoms with Crippen LogP contribution in [0.2, 0.25) is 0 Å². The number of unbranched alkanes of at least 4 members (excludes halogenated alkanes) is 15. The fourth-order valence-electron chi connectivity index (χ4n) is 4.30. The van der Waals surface area contributed by atoms with Crippen molar-refractivity contribution < 1.29 is 9.90 Å². The summed E-state index contributed by atoms with van der Waals surface area (Å²) in [7, 11) is 4.51. The molecular formula is C28H55NO2. The number of hydrogen-bond donors (Lipinski definition) is 1. The van der Waals surface area contributed by atoms with Crippen LogP contribution in [0.15, 0.2) is 12.2 Å². The molecule has 0 spiro atoms. The summed E-state index contributed by atoms with van der Waals surface area (Å²) in [6, 6.07) is 0.788. The van der Waals surface area contributed by atoms with Gasteiger partial charge in [-0.15, -0.1) is 0 Å². The smallest absolute Gasteiger partial charge is 0.303 e. The minimum Gasteiger partial charge on any atom is -0.481 e. The molecule has 0 rings (SSSR count). The molecule has 0 fully saturated rings. The SMILES string of the molecule is CCCCCCCC(CCCCCCCC/C=C\CCCCCCCC(=O)O)N(C)C. The van der Waals surface area contributed by atoms with Crippen LogP contribution in [0, 0.1) is 0 Å². The predicted octanol–water partition coefficient (Wildman–Crippen LogP) is 8.77. The normalized spacial score (nSPS) is 12.8. The first-order chi connectivity index (χ1) is 15.1. The number of carboxylic acid groups (broad SMARTS) is 1. The quantitative estimate of drug-likeness (QED) is 0.121. The van der Waals surface area contributed by atoms with E-state index in [1.54, 1.807) is 0 Å². The number of carbonyl (C=O) groups is 1. The second-order valence-electron chi connectivity index (χ2n) is 9.69. The Bertz CT molecular complexity index is 406. The van der Waals surface area contributed by atoms with Crippen LogP contribution >= 0.6 is 0 Å². The molecule has 0 aliphatic heterocycles. The van der Waals surface area contributed by atoms with Gasteiger partial charge in [-0.3, -0.25) is 4.79 Å². The van der Waals surface area contributed by atoms with Crippen LogP contribution in [0.5, 0.6) is 0 Å². The van der Waals surface area contributed by atoms with E-state index in [2.05, 4.69) is 38.1 Å². The Morgan fingerprint density at radius 1 is 0.677 bits per heavy atom. The zero-order valence-corrected chi connectivity index (χ0v) is 21.4. The molecule has 31 heavy (non-hydrogen) atoms. The largest absolute Gasteiger partial charge is 0.481 e. The average molecular weight is 438 g/mol. The molecule has 0 amide bonds. The molecule has 0 heterocycles. The standard InChI is InChI=1S/C28H55NO2/c1-4-5-6-18-21-24-27(29(2)3)25-22-19-16-14-12-10-8-7-9-11-13-15-17-20-23-26-28(30)31/h7,9,27H,4-6,8,10-26H2,1-3H3,(H,30,31)/b9-7-. The van der Waals surface area contributed by atoms with Crippen molar-refractivity contribution in [1.82, 2.24) is 4.90 Å². The Morgan fingerprint density at radius 3 is 1.55 bits per heavy atom. The van der Waals surface area contributed by atoms with Gasteiger partial charge in [-0.25, -0.2) is 0 Å². The van der Waals surface area contributed by atoms with E-state index in [9.17, 15) is 4.79 Å². The molecular weight excluding hydrogens is 382 g/mol. The van der Waals surface area contributed by atoms with Crippen LogP contribution in [-0.2, 0) is 4.79 Å². The molecule has 184 valence electrons. The van der Waals surface area contributed by atoms with Crippen LogP contribution < -0.4 is 0 Å². The Hall–Kier alpha value is -0.830. The van der Waals surface area contributed by atoms with Crippen molar-refractivity contribution in [2.45, 2.75) is 148 Å². The molecule has 0 saturated carbocycles. The minimum atomic E-state index is -0.663. The third-order valence-electron chi connectivity index (χ3n) is 6.46. The molecule has 0 bridgehead atoms. The maximum Gasteiger partial charge on any atom is 0.303 e. The zero-order chi connectivity index (χ0) is 23.0. The highest BCUT2D eigenvalue weighted by atomic mass is 16.4. The summed E-state index contributed by atoms with van der Waals surface area (Å²) < 4.78 is 0. The molecule has 0 saturated heterocycles. The van der Waals surface area contributed by atoms with Crippen molar-refractivity contribution in [3.05, 3.63) is 12.2 Å². The minimum absolute atomic E-state index is 0.329. The van der Waals surface area contributed by atoms with Crippen molar-refractivity contribution >= 4 is 5.97 Å². The molecule has 0 aliphatic carbocycles. The summed E-state index contributed by atoms with van der Waals surface area (Å²) in [5.41, 5.74) is 0. The molecule has 3 heteroatoms. The second kappa shape index (κ2) is 23.8. The van der Waals surface area contributed by atoms with Crippen LogP contribution in [-0.4, -0.2) is 36.1 Å². The fourth-order valence-corrected chi connectivity index (χ4v) is 4.30. The van der Waals surface area contributed by atoms with Crippen molar-refractivity contribution in [2.75, 3.05) is 14.1 Å². The Balaban J connectivity index is 3.40. The third-order valence-corrected chi connectivity index (χ3v) is 6.46. The first-order valence-electron chi connectivity index (χ1n) is 13.6. The Labute approximate surface area is 195 Å². The summed E-state index contributed by atoms with van der Waals surface area (Å²) in [6.07, 6.45) is 31.1. The van der Waals surface area contributed by atoms with E-state index >= 15 is 0 Å². The Kier molecular flexibility index (Phi) is 23.2. The van der Waals surface area contributed by atoms with Crippen molar-refractivity contribution in [2.24, 2.45) is 0 Å². The van der Waals surface area contributed by atoms with Crippen molar-refractivity contribution in [3.8, 4) is 0 Å². The van der Waals surface area contributed by atoms with E-state index in [1.807, 2.05) is 0 Å². The van der Waals surface area contributed by atoms with Gasteiger partial charge in [0.1, 0.15) is 0 Å². The van der Waals surface area contributed by atoms with E-state index in [4.69, 9.17) is 5.11 Å². The molecule has 1 atom stereocenters. The van der Waals surface area contributed by atoms with Crippen LogP contribution in [0.3, 0.4) is 0 Å². The van der Waals surface area contributed by atoms with Gasteiger partial charge in [0.2, 0.25) is 0 Å². The number of carboxylic acids is 1. The number of hydrogen-bond acceptors (Lipinski definition) is 2. The molecule has 0 aromatic rings. The highest BCUT2D eigenvalue weighted by molar-refractivity contribution is 5.66. The molecule has 0 aromatic heterocycles.